The molecule has 1 amide bonds. The molecule has 0 bridgehead atoms. The van der Waals surface area contributed by atoms with Crippen LogP contribution < -0.4 is 10.1 Å². The third-order valence-corrected chi connectivity index (χ3v) is 2.03. The number of hydrogen-bond acceptors (Lipinski definition) is 3. The van der Waals surface area contributed by atoms with Crippen LogP contribution in [0.4, 0.5) is 0 Å². The van der Waals surface area contributed by atoms with Crippen LogP contribution in [-0.4, -0.2) is 25.6 Å². The van der Waals surface area contributed by atoms with E-state index in [4.69, 9.17) is 21.9 Å². The quantitative estimate of drug-likeness (QED) is 0.365. The number of ether oxygens (including phenoxy) is 1. The number of azide groups is 1. The molecular formula is C10H11ClN4O2. The van der Waals surface area contributed by atoms with Crippen molar-refractivity contribution in [3.8, 4) is 5.75 Å². The maximum Gasteiger partial charge on any atom is 0.257 e. The lowest BCUT2D eigenvalue weighted by molar-refractivity contribution is -0.123. The fourth-order valence-electron chi connectivity index (χ4n) is 1.02. The van der Waals surface area contributed by atoms with E-state index < -0.39 is 0 Å². The van der Waals surface area contributed by atoms with Crippen molar-refractivity contribution in [1.29, 1.82) is 0 Å². The Morgan fingerprint density at radius 1 is 1.47 bits per heavy atom. The van der Waals surface area contributed by atoms with E-state index in [-0.39, 0.29) is 19.1 Å². The van der Waals surface area contributed by atoms with Crippen LogP contribution in [0.25, 0.3) is 10.4 Å². The molecule has 1 rings (SSSR count). The predicted octanol–water partition coefficient (Wildman–Crippen LogP) is 2.15. The summed E-state index contributed by atoms with van der Waals surface area (Å²) in [4.78, 5) is 13.8. The van der Waals surface area contributed by atoms with Crippen LogP contribution >= 0.6 is 11.6 Å². The first-order valence-corrected chi connectivity index (χ1v) is 5.26. The van der Waals surface area contributed by atoms with Gasteiger partial charge in [-0.1, -0.05) is 16.7 Å². The van der Waals surface area contributed by atoms with Crippen molar-refractivity contribution in [2.24, 2.45) is 5.11 Å². The zero-order valence-electron chi connectivity index (χ0n) is 8.97. The number of carbonyl (C=O) groups excluding carboxylic acids is 1. The van der Waals surface area contributed by atoms with Crippen LogP contribution in [0.1, 0.15) is 0 Å². The van der Waals surface area contributed by atoms with Gasteiger partial charge in [-0.2, -0.15) is 0 Å². The number of benzene rings is 1. The number of carbonyl (C=O) groups is 1. The minimum absolute atomic E-state index is 0.0854. The monoisotopic (exact) mass is 254 g/mol. The number of rotatable bonds is 6. The molecule has 1 N–H and O–H groups in total. The highest BCUT2D eigenvalue weighted by Gasteiger charge is 2.01. The number of amides is 1. The van der Waals surface area contributed by atoms with Crippen LogP contribution in [0, 0.1) is 0 Å². The Kier molecular flexibility index (Phi) is 5.71. The molecule has 1 aromatic rings. The van der Waals surface area contributed by atoms with Crippen molar-refractivity contribution in [2.75, 3.05) is 19.7 Å². The van der Waals surface area contributed by atoms with E-state index in [0.29, 0.717) is 17.3 Å². The minimum Gasteiger partial charge on any atom is -0.484 e. The van der Waals surface area contributed by atoms with Gasteiger partial charge in [0.05, 0.1) is 0 Å². The van der Waals surface area contributed by atoms with Crippen molar-refractivity contribution in [1.82, 2.24) is 5.32 Å². The summed E-state index contributed by atoms with van der Waals surface area (Å²) in [6.07, 6.45) is 0. The highest BCUT2D eigenvalue weighted by molar-refractivity contribution is 6.30. The minimum atomic E-state index is -0.270. The largest absolute Gasteiger partial charge is 0.484 e. The second kappa shape index (κ2) is 7.38. The van der Waals surface area contributed by atoms with Crippen LogP contribution in [0.15, 0.2) is 29.4 Å². The first-order chi connectivity index (χ1) is 8.22. The van der Waals surface area contributed by atoms with Gasteiger partial charge < -0.3 is 10.1 Å². The lowest BCUT2D eigenvalue weighted by atomic mass is 10.3. The SMILES string of the molecule is [N-]=[N+]=NCCNC(=O)COc1ccc(Cl)cc1. The molecule has 0 aliphatic rings. The van der Waals surface area contributed by atoms with Crippen molar-refractivity contribution in [2.45, 2.75) is 0 Å². The maximum absolute atomic E-state index is 11.2. The van der Waals surface area contributed by atoms with Gasteiger partial charge in [-0.3, -0.25) is 4.79 Å². The molecule has 17 heavy (non-hydrogen) atoms. The van der Waals surface area contributed by atoms with Gasteiger partial charge in [0.15, 0.2) is 6.61 Å². The summed E-state index contributed by atoms with van der Waals surface area (Å²) >= 11 is 5.70. The first-order valence-electron chi connectivity index (χ1n) is 4.88. The fourth-order valence-corrected chi connectivity index (χ4v) is 1.15. The average molecular weight is 255 g/mol. The molecule has 0 unspecified atom stereocenters. The average Bonchev–Trinajstić information content (AvgIpc) is 2.34. The zero-order valence-corrected chi connectivity index (χ0v) is 9.72. The molecule has 6 nitrogen and oxygen atoms in total. The summed E-state index contributed by atoms with van der Waals surface area (Å²) in [6.45, 7) is 0.438. The number of halogens is 1. The summed E-state index contributed by atoms with van der Waals surface area (Å²) < 4.78 is 5.21. The maximum atomic E-state index is 11.2. The van der Waals surface area contributed by atoms with Crippen molar-refractivity contribution in [3.63, 3.8) is 0 Å². The van der Waals surface area contributed by atoms with Gasteiger partial charge in [0, 0.05) is 23.0 Å². The molecule has 0 aliphatic carbocycles. The lowest BCUT2D eigenvalue weighted by Gasteiger charge is -2.06. The Hall–Kier alpha value is -1.91. The normalized spacial score (nSPS) is 9.24. The summed E-state index contributed by atoms with van der Waals surface area (Å²) in [5.41, 5.74) is 8.02. The van der Waals surface area contributed by atoms with Crippen LogP contribution in [0.2, 0.25) is 5.02 Å². The molecule has 0 atom stereocenters. The molecule has 0 saturated carbocycles. The molecule has 0 saturated heterocycles. The Labute approximate surface area is 103 Å². The van der Waals surface area contributed by atoms with Gasteiger partial charge in [0.2, 0.25) is 0 Å². The molecular weight excluding hydrogens is 244 g/mol. The van der Waals surface area contributed by atoms with Gasteiger partial charge in [-0.15, -0.1) is 0 Å². The number of nitrogens with one attached hydrogen (secondary N) is 1. The zero-order chi connectivity index (χ0) is 12.5. The molecule has 1 aromatic carbocycles. The van der Waals surface area contributed by atoms with Crippen LogP contribution in [0.3, 0.4) is 0 Å². The van der Waals surface area contributed by atoms with E-state index in [2.05, 4.69) is 15.3 Å². The predicted molar refractivity (Wildman–Crippen MR) is 64.0 cm³/mol. The van der Waals surface area contributed by atoms with Crippen molar-refractivity contribution in [3.05, 3.63) is 39.7 Å². The van der Waals surface area contributed by atoms with E-state index in [1.54, 1.807) is 24.3 Å². The van der Waals surface area contributed by atoms with Crippen LogP contribution in [0.5, 0.6) is 5.75 Å². The number of hydrogen-bond donors (Lipinski definition) is 1. The van der Waals surface area contributed by atoms with E-state index in [1.165, 1.54) is 0 Å². The highest BCUT2D eigenvalue weighted by Crippen LogP contribution is 2.15. The van der Waals surface area contributed by atoms with Crippen molar-refractivity contribution >= 4 is 17.5 Å². The molecule has 0 heterocycles. The Morgan fingerprint density at radius 2 is 2.18 bits per heavy atom. The summed E-state index contributed by atoms with van der Waals surface area (Å²) in [6, 6.07) is 6.71. The van der Waals surface area contributed by atoms with Gasteiger partial charge in [0.1, 0.15) is 5.75 Å². The van der Waals surface area contributed by atoms with E-state index >= 15 is 0 Å². The molecule has 0 radical (unpaired) electrons. The smallest absolute Gasteiger partial charge is 0.257 e. The van der Waals surface area contributed by atoms with Gasteiger partial charge in [-0.05, 0) is 29.8 Å². The van der Waals surface area contributed by atoms with E-state index in [0.717, 1.165) is 0 Å². The second-order valence-corrected chi connectivity index (χ2v) is 3.48. The standard InChI is InChI=1S/C10H11ClN4O2/c11-8-1-3-9(4-2-8)17-7-10(16)13-5-6-14-15-12/h1-4H,5-7H2,(H,13,16). The van der Waals surface area contributed by atoms with Gasteiger partial charge in [0.25, 0.3) is 5.91 Å². The van der Waals surface area contributed by atoms with Crippen LogP contribution in [-0.2, 0) is 4.79 Å². The lowest BCUT2D eigenvalue weighted by Crippen LogP contribution is -2.30. The summed E-state index contributed by atoms with van der Waals surface area (Å²) in [7, 11) is 0. The third kappa shape index (κ3) is 5.65. The summed E-state index contributed by atoms with van der Waals surface area (Å²) in [5, 5.41) is 6.43. The molecule has 0 aliphatic heterocycles. The van der Waals surface area contributed by atoms with Gasteiger partial charge in [-0.25, -0.2) is 0 Å². The highest BCUT2D eigenvalue weighted by atomic mass is 35.5. The molecule has 0 spiro atoms. The molecule has 90 valence electrons. The molecule has 7 heteroatoms. The fraction of sp³-hybridized carbons (Fsp3) is 0.300. The number of nitrogens with zero attached hydrogens (tertiary/aromatic N) is 3. The van der Waals surface area contributed by atoms with Gasteiger partial charge >= 0.3 is 0 Å². The first kappa shape index (κ1) is 13.2. The Morgan fingerprint density at radius 3 is 2.82 bits per heavy atom. The van der Waals surface area contributed by atoms with Crippen molar-refractivity contribution < 1.29 is 9.53 Å². The van der Waals surface area contributed by atoms with E-state index in [1.807, 2.05) is 0 Å². The summed E-state index contributed by atoms with van der Waals surface area (Å²) in [5.74, 6) is 0.299. The molecule has 0 fully saturated rings. The third-order valence-electron chi connectivity index (χ3n) is 1.78. The topological polar surface area (TPSA) is 87.1 Å². The molecule has 0 aromatic heterocycles. The Bertz CT molecular complexity index is 415. The Balaban J connectivity index is 2.23. The van der Waals surface area contributed by atoms with E-state index in [9.17, 15) is 4.79 Å². The second-order valence-electron chi connectivity index (χ2n) is 3.05.